The molecule has 2 rings (SSSR count). The molecular formula is C14H20IN3O2. The molecule has 0 spiro atoms. The Morgan fingerprint density at radius 1 is 1.40 bits per heavy atom. The molecule has 1 saturated heterocycles. The molecule has 110 valence electrons. The highest BCUT2D eigenvalue weighted by Gasteiger charge is 2.17. The summed E-state index contributed by atoms with van der Waals surface area (Å²) in [6.45, 7) is 5.46. The third kappa shape index (κ3) is 4.05. The Labute approximate surface area is 133 Å². The predicted octanol–water partition coefficient (Wildman–Crippen LogP) is 3.49. The molecule has 1 atom stereocenters. The van der Waals surface area contributed by atoms with Crippen LogP contribution in [-0.2, 0) is 0 Å². The van der Waals surface area contributed by atoms with E-state index in [9.17, 15) is 10.1 Å². The van der Waals surface area contributed by atoms with E-state index in [-0.39, 0.29) is 10.6 Å². The maximum Gasteiger partial charge on any atom is 0.270 e. The lowest BCUT2D eigenvalue weighted by Crippen LogP contribution is -2.41. The molecule has 1 unspecified atom stereocenters. The smallest absolute Gasteiger partial charge is 0.270 e. The monoisotopic (exact) mass is 389 g/mol. The van der Waals surface area contributed by atoms with E-state index in [4.69, 9.17) is 0 Å². The number of piperidine rings is 1. The van der Waals surface area contributed by atoms with E-state index in [1.165, 1.54) is 32.4 Å². The Bertz CT molecular complexity index is 475. The zero-order valence-electron chi connectivity index (χ0n) is 11.6. The second-order valence-corrected chi connectivity index (χ2v) is 6.41. The summed E-state index contributed by atoms with van der Waals surface area (Å²) in [5, 5.41) is 14.1. The summed E-state index contributed by atoms with van der Waals surface area (Å²) in [5.41, 5.74) is 1.11. The fourth-order valence-electron chi connectivity index (χ4n) is 2.51. The molecule has 1 aromatic carbocycles. The summed E-state index contributed by atoms with van der Waals surface area (Å²) in [7, 11) is 0. The normalized spacial score (nSPS) is 17.7. The fraction of sp³-hybridized carbons (Fsp3) is 0.571. The minimum Gasteiger partial charge on any atom is -0.383 e. The Kier molecular flexibility index (Phi) is 5.59. The topological polar surface area (TPSA) is 58.4 Å². The van der Waals surface area contributed by atoms with Gasteiger partial charge in [-0.05, 0) is 61.5 Å². The maximum absolute atomic E-state index is 10.7. The van der Waals surface area contributed by atoms with Crippen molar-refractivity contribution in [2.24, 2.45) is 0 Å². The number of nitrogens with one attached hydrogen (secondary N) is 1. The van der Waals surface area contributed by atoms with Crippen molar-refractivity contribution >= 4 is 34.0 Å². The van der Waals surface area contributed by atoms with E-state index < -0.39 is 0 Å². The van der Waals surface area contributed by atoms with Crippen molar-refractivity contribution in [3.8, 4) is 0 Å². The zero-order valence-corrected chi connectivity index (χ0v) is 13.8. The van der Waals surface area contributed by atoms with Crippen LogP contribution < -0.4 is 5.32 Å². The van der Waals surface area contributed by atoms with Gasteiger partial charge in [0.1, 0.15) is 0 Å². The molecule has 0 aliphatic carbocycles. The Hall–Kier alpha value is -0.890. The van der Waals surface area contributed by atoms with Crippen LogP contribution in [0.4, 0.5) is 11.4 Å². The summed E-state index contributed by atoms with van der Waals surface area (Å²) < 4.78 is 0.891. The van der Waals surface area contributed by atoms with E-state index >= 15 is 0 Å². The number of nitro groups is 1. The first-order valence-corrected chi connectivity index (χ1v) is 8.07. The highest BCUT2D eigenvalue weighted by atomic mass is 127. The van der Waals surface area contributed by atoms with Crippen molar-refractivity contribution in [3.63, 3.8) is 0 Å². The lowest BCUT2D eigenvalue weighted by Gasteiger charge is -2.32. The molecule has 20 heavy (non-hydrogen) atoms. The van der Waals surface area contributed by atoms with E-state index in [0.717, 1.165) is 15.8 Å². The molecular weight excluding hydrogens is 369 g/mol. The van der Waals surface area contributed by atoms with Gasteiger partial charge in [0.05, 0.1) is 4.92 Å². The zero-order chi connectivity index (χ0) is 14.5. The molecule has 5 nitrogen and oxygen atoms in total. The van der Waals surface area contributed by atoms with E-state index in [1.54, 1.807) is 18.2 Å². The molecule has 1 heterocycles. The van der Waals surface area contributed by atoms with Crippen LogP contribution in [0.3, 0.4) is 0 Å². The van der Waals surface area contributed by atoms with Crippen LogP contribution in [0.15, 0.2) is 18.2 Å². The third-order valence-corrected chi connectivity index (χ3v) is 4.66. The number of nitro benzene ring substituents is 1. The van der Waals surface area contributed by atoms with Crippen molar-refractivity contribution in [2.45, 2.75) is 32.2 Å². The van der Waals surface area contributed by atoms with Crippen molar-refractivity contribution in [2.75, 3.05) is 25.0 Å². The van der Waals surface area contributed by atoms with Gasteiger partial charge < -0.3 is 5.32 Å². The third-order valence-electron chi connectivity index (χ3n) is 3.77. The van der Waals surface area contributed by atoms with Gasteiger partial charge >= 0.3 is 0 Å². The number of likely N-dealkylation sites (tertiary alicyclic amines) is 1. The average molecular weight is 389 g/mol. The van der Waals surface area contributed by atoms with Crippen LogP contribution in [0.1, 0.15) is 26.2 Å². The lowest BCUT2D eigenvalue weighted by molar-refractivity contribution is -0.384. The van der Waals surface area contributed by atoms with Crippen LogP contribution >= 0.6 is 22.6 Å². The van der Waals surface area contributed by atoms with Gasteiger partial charge in [0.25, 0.3) is 5.69 Å². The Morgan fingerprint density at radius 2 is 2.10 bits per heavy atom. The maximum atomic E-state index is 10.7. The molecule has 1 aliphatic rings. The van der Waals surface area contributed by atoms with Gasteiger partial charge in [-0.2, -0.15) is 0 Å². The first-order chi connectivity index (χ1) is 9.58. The van der Waals surface area contributed by atoms with Crippen molar-refractivity contribution in [1.82, 2.24) is 4.90 Å². The number of hydrogen-bond donors (Lipinski definition) is 1. The average Bonchev–Trinajstić information content (AvgIpc) is 2.46. The van der Waals surface area contributed by atoms with E-state index in [0.29, 0.717) is 6.04 Å². The number of nitrogens with zero attached hydrogens (tertiary/aromatic N) is 2. The Morgan fingerprint density at radius 3 is 2.70 bits per heavy atom. The number of benzene rings is 1. The van der Waals surface area contributed by atoms with Gasteiger partial charge in [-0.25, -0.2) is 0 Å². The highest BCUT2D eigenvalue weighted by Crippen LogP contribution is 2.24. The summed E-state index contributed by atoms with van der Waals surface area (Å²) in [6, 6.07) is 5.44. The quantitative estimate of drug-likeness (QED) is 0.476. The van der Waals surface area contributed by atoms with Gasteiger partial charge in [0.2, 0.25) is 0 Å². The highest BCUT2D eigenvalue weighted by molar-refractivity contribution is 14.1. The summed E-state index contributed by atoms with van der Waals surface area (Å²) in [6.07, 6.45) is 3.93. The number of halogens is 1. The standard InChI is InChI=1S/C14H20IN3O2/c1-11(17-7-3-2-4-8-17)10-16-14-6-5-12(18(19)20)9-13(14)15/h5-6,9,11,16H,2-4,7-8,10H2,1H3. The minimum absolute atomic E-state index is 0.143. The van der Waals surface area contributed by atoms with Crippen molar-refractivity contribution in [1.29, 1.82) is 0 Å². The number of anilines is 1. The molecule has 0 saturated carbocycles. The van der Waals surface area contributed by atoms with Crippen molar-refractivity contribution in [3.05, 3.63) is 31.9 Å². The summed E-state index contributed by atoms with van der Waals surface area (Å²) >= 11 is 2.14. The molecule has 1 fully saturated rings. The first-order valence-electron chi connectivity index (χ1n) is 7.00. The SMILES string of the molecule is CC(CNc1ccc([N+](=O)[O-])cc1I)N1CCCCC1. The number of hydrogen-bond acceptors (Lipinski definition) is 4. The molecule has 0 aromatic heterocycles. The molecule has 1 aliphatic heterocycles. The largest absolute Gasteiger partial charge is 0.383 e. The molecule has 0 radical (unpaired) electrons. The van der Waals surface area contributed by atoms with Crippen LogP contribution in [-0.4, -0.2) is 35.5 Å². The Balaban J connectivity index is 1.91. The predicted molar refractivity (Wildman–Crippen MR) is 89.2 cm³/mol. The molecule has 0 amide bonds. The lowest BCUT2D eigenvalue weighted by atomic mass is 10.1. The van der Waals surface area contributed by atoms with Crippen LogP contribution in [0.2, 0.25) is 0 Å². The summed E-state index contributed by atoms with van der Waals surface area (Å²) in [4.78, 5) is 12.9. The van der Waals surface area contributed by atoms with Crippen LogP contribution in [0.25, 0.3) is 0 Å². The molecule has 1 N–H and O–H groups in total. The van der Waals surface area contributed by atoms with E-state index in [1.807, 2.05) is 0 Å². The van der Waals surface area contributed by atoms with Gasteiger partial charge in [-0.3, -0.25) is 15.0 Å². The molecule has 1 aromatic rings. The second-order valence-electron chi connectivity index (χ2n) is 5.25. The van der Waals surface area contributed by atoms with E-state index in [2.05, 4.69) is 39.7 Å². The second kappa shape index (κ2) is 7.21. The molecule has 0 bridgehead atoms. The van der Waals surface area contributed by atoms with Gasteiger partial charge in [-0.15, -0.1) is 0 Å². The minimum atomic E-state index is -0.359. The number of rotatable bonds is 5. The van der Waals surface area contributed by atoms with Crippen molar-refractivity contribution < 1.29 is 4.92 Å². The first kappa shape index (κ1) is 15.5. The summed E-state index contributed by atoms with van der Waals surface area (Å²) in [5.74, 6) is 0. The van der Waals surface area contributed by atoms with Gasteiger partial charge in [0, 0.05) is 34.0 Å². The number of non-ortho nitro benzene ring substituents is 1. The van der Waals surface area contributed by atoms with Crippen LogP contribution in [0.5, 0.6) is 0 Å². The fourth-order valence-corrected chi connectivity index (χ4v) is 3.20. The van der Waals surface area contributed by atoms with Crippen LogP contribution in [0, 0.1) is 13.7 Å². The van der Waals surface area contributed by atoms with Gasteiger partial charge in [-0.1, -0.05) is 6.42 Å². The van der Waals surface area contributed by atoms with Gasteiger partial charge in [0.15, 0.2) is 0 Å². The molecule has 6 heteroatoms.